The summed E-state index contributed by atoms with van der Waals surface area (Å²) >= 11 is 0. The summed E-state index contributed by atoms with van der Waals surface area (Å²) in [4.78, 5) is 0. The van der Waals surface area contributed by atoms with Crippen molar-refractivity contribution in [2.75, 3.05) is 13.6 Å². The van der Waals surface area contributed by atoms with E-state index >= 15 is 0 Å². The SMILES string of the molecule is CNCCc1nocc1-c1ccccc1O. The molecule has 4 heteroatoms. The molecular formula is C12H14N2O2. The Hall–Kier alpha value is -1.81. The average Bonchev–Trinajstić information content (AvgIpc) is 2.75. The maximum Gasteiger partial charge on any atom is 0.132 e. The Kier molecular flexibility index (Phi) is 3.22. The second kappa shape index (κ2) is 4.81. The highest BCUT2D eigenvalue weighted by molar-refractivity contribution is 5.70. The molecule has 1 heterocycles. The Bertz CT molecular complexity index is 466. The number of nitrogens with zero attached hydrogens (tertiary/aromatic N) is 1. The van der Waals surface area contributed by atoms with Crippen LogP contribution in [0.4, 0.5) is 0 Å². The molecule has 2 rings (SSSR count). The number of phenols is 1. The summed E-state index contributed by atoms with van der Waals surface area (Å²) in [6.45, 7) is 0.827. The predicted molar refractivity (Wildman–Crippen MR) is 61.2 cm³/mol. The molecule has 0 aliphatic carbocycles. The van der Waals surface area contributed by atoms with Crippen molar-refractivity contribution in [2.24, 2.45) is 0 Å². The molecule has 0 bridgehead atoms. The molecule has 1 aromatic heterocycles. The molecule has 4 nitrogen and oxygen atoms in total. The molecule has 2 aromatic rings. The van der Waals surface area contributed by atoms with Crippen LogP contribution in [-0.2, 0) is 6.42 Å². The third kappa shape index (κ3) is 2.06. The Morgan fingerprint density at radius 1 is 1.31 bits per heavy atom. The van der Waals surface area contributed by atoms with Crippen LogP contribution in [0.3, 0.4) is 0 Å². The number of rotatable bonds is 4. The summed E-state index contributed by atoms with van der Waals surface area (Å²) in [5.41, 5.74) is 2.47. The second-order valence-corrected chi connectivity index (χ2v) is 3.55. The quantitative estimate of drug-likeness (QED) is 0.821. The normalized spacial score (nSPS) is 10.6. The van der Waals surface area contributed by atoms with E-state index in [-0.39, 0.29) is 5.75 Å². The maximum atomic E-state index is 9.75. The number of para-hydroxylation sites is 1. The van der Waals surface area contributed by atoms with Gasteiger partial charge >= 0.3 is 0 Å². The molecule has 1 aromatic carbocycles. The fourth-order valence-electron chi connectivity index (χ4n) is 1.60. The first-order valence-corrected chi connectivity index (χ1v) is 5.19. The van der Waals surface area contributed by atoms with E-state index in [1.165, 1.54) is 0 Å². The van der Waals surface area contributed by atoms with Crippen LogP contribution in [0.25, 0.3) is 11.1 Å². The van der Waals surface area contributed by atoms with Crippen LogP contribution in [0, 0.1) is 0 Å². The van der Waals surface area contributed by atoms with Gasteiger partial charge in [-0.3, -0.25) is 0 Å². The van der Waals surface area contributed by atoms with Gasteiger partial charge in [0, 0.05) is 24.1 Å². The van der Waals surface area contributed by atoms with Gasteiger partial charge < -0.3 is 14.9 Å². The molecule has 0 saturated carbocycles. The lowest BCUT2D eigenvalue weighted by atomic mass is 10.0. The standard InChI is InChI=1S/C12H14N2O2/c1-13-7-6-11-10(8-16-14-11)9-4-2-3-5-12(9)15/h2-5,8,13,15H,6-7H2,1H3. The zero-order chi connectivity index (χ0) is 11.4. The summed E-state index contributed by atoms with van der Waals surface area (Å²) in [6, 6.07) is 7.18. The number of hydrogen-bond donors (Lipinski definition) is 2. The first-order valence-electron chi connectivity index (χ1n) is 5.19. The lowest BCUT2D eigenvalue weighted by molar-refractivity contribution is 0.411. The van der Waals surface area contributed by atoms with Crippen LogP contribution in [-0.4, -0.2) is 23.9 Å². The summed E-state index contributed by atoms with van der Waals surface area (Å²) in [7, 11) is 1.89. The van der Waals surface area contributed by atoms with Gasteiger partial charge in [-0.15, -0.1) is 0 Å². The smallest absolute Gasteiger partial charge is 0.132 e. The largest absolute Gasteiger partial charge is 0.507 e. The molecule has 2 N–H and O–H groups in total. The van der Waals surface area contributed by atoms with Gasteiger partial charge in [0.15, 0.2) is 0 Å². The Morgan fingerprint density at radius 2 is 2.12 bits per heavy atom. The van der Waals surface area contributed by atoms with E-state index in [1.807, 2.05) is 19.2 Å². The highest BCUT2D eigenvalue weighted by Crippen LogP contribution is 2.30. The van der Waals surface area contributed by atoms with Gasteiger partial charge in [-0.1, -0.05) is 23.4 Å². The zero-order valence-electron chi connectivity index (χ0n) is 9.10. The van der Waals surface area contributed by atoms with E-state index in [1.54, 1.807) is 18.4 Å². The van der Waals surface area contributed by atoms with Crippen LogP contribution >= 0.6 is 0 Å². The summed E-state index contributed by atoms with van der Waals surface area (Å²) in [5, 5.41) is 16.7. The lowest BCUT2D eigenvalue weighted by Crippen LogP contribution is -2.10. The van der Waals surface area contributed by atoms with Gasteiger partial charge in [0.05, 0.1) is 5.69 Å². The van der Waals surface area contributed by atoms with Crippen molar-refractivity contribution >= 4 is 0 Å². The van der Waals surface area contributed by atoms with Crippen molar-refractivity contribution in [2.45, 2.75) is 6.42 Å². The van der Waals surface area contributed by atoms with Crippen molar-refractivity contribution in [1.82, 2.24) is 10.5 Å². The van der Waals surface area contributed by atoms with Crippen molar-refractivity contribution in [3.63, 3.8) is 0 Å². The third-order valence-electron chi connectivity index (χ3n) is 2.45. The molecule has 84 valence electrons. The van der Waals surface area contributed by atoms with Gasteiger partial charge in [-0.25, -0.2) is 0 Å². The van der Waals surface area contributed by atoms with Gasteiger partial charge in [-0.2, -0.15) is 0 Å². The summed E-state index contributed by atoms with van der Waals surface area (Å²) in [5.74, 6) is 0.247. The molecule has 0 atom stereocenters. The number of nitrogens with one attached hydrogen (secondary N) is 1. The van der Waals surface area contributed by atoms with Gasteiger partial charge in [0.2, 0.25) is 0 Å². The highest BCUT2D eigenvalue weighted by atomic mass is 16.5. The average molecular weight is 218 g/mol. The molecule has 0 fully saturated rings. The molecule has 0 aliphatic rings. The number of hydrogen-bond acceptors (Lipinski definition) is 4. The van der Waals surface area contributed by atoms with Crippen molar-refractivity contribution in [3.05, 3.63) is 36.2 Å². The van der Waals surface area contributed by atoms with Crippen molar-refractivity contribution in [3.8, 4) is 16.9 Å². The molecule has 0 aliphatic heterocycles. The Balaban J connectivity index is 2.33. The fraction of sp³-hybridized carbons (Fsp3) is 0.250. The maximum absolute atomic E-state index is 9.75. The molecule has 0 radical (unpaired) electrons. The van der Waals surface area contributed by atoms with Crippen molar-refractivity contribution in [1.29, 1.82) is 0 Å². The predicted octanol–water partition coefficient (Wildman–Crippen LogP) is 1.81. The third-order valence-corrected chi connectivity index (χ3v) is 2.45. The molecular weight excluding hydrogens is 204 g/mol. The molecule has 0 spiro atoms. The fourth-order valence-corrected chi connectivity index (χ4v) is 1.60. The number of phenolic OH excluding ortho intramolecular Hbond substituents is 1. The van der Waals surface area contributed by atoms with Crippen LogP contribution < -0.4 is 5.32 Å². The van der Waals surface area contributed by atoms with E-state index in [9.17, 15) is 5.11 Å². The summed E-state index contributed by atoms with van der Waals surface area (Å²) in [6.07, 6.45) is 2.34. The number of aromatic nitrogens is 1. The van der Waals surface area contributed by atoms with Crippen LogP contribution in [0.5, 0.6) is 5.75 Å². The number of benzene rings is 1. The minimum Gasteiger partial charge on any atom is -0.507 e. The van der Waals surface area contributed by atoms with Gasteiger partial charge in [0.1, 0.15) is 12.0 Å². The minimum atomic E-state index is 0.247. The topological polar surface area (TPSA) is 58.3 Å². The van der Waals surface area contributed by atoms with E-state index in [4.69, 9.17) is 4.52 Å². The van der Waals surface area contributed by atoms with Gasteiger partial charge in [0.25, 0.3) is 0 Å². The van der Waals surface area contributed by atoms with E-state index < -0.39 is 0 Å². The van der Waals surface area contributed by atoms with Gasteiger partial charge in [-0.05, 0) is 13.1 Å². The molecule has 0 saturated heterocycles. The zero-order valence-corrected chi connectivity index (χ0v) is 9.10. The van der Waals surface area contributed by atoms with Crippen LogP contribution in [0.15, 0.2) is 35.1 Å². The molecule has 16 heavy (non-hydrogen) atoms. The molecule has 0 amide bonds. The first kappa shape index (κ1) is 10.7. The summed E-state index contributed by atoms with van der Waals surface area (Å²) < 4.78 is 4.96. The van der Waals surface area contributed by atoms with E-state index in [2.05, 4.69) is 10.5 Å². The lowest BCUT2D eigenvalue weighted by Gasteiger charge is -2.03. The Labute approximate surface area is 93.9 Å². The van der Waals surface area contributed by atoms with E-state index in [0.717, 1.165) is 29.8 Å². The number of likely N-dealkylation sites (N-methyl/N-ethyl adjacent to an activating group) is 1. The van der Waals surface area contributed by atoms with E-state index in [0.29, 0.717) is 0 Å². The first-order chi connectivity index (χ1) is 7.83. The van der Waals surface area contributed by atoms with Crippen LogP contribution in [0.1, 0.15) is 5.69 Å². The Morgan fingerprint density at radius 3 is 2.88 bits per heavy atom. The number of aromatic hydroxyl groups is 1. The second-order valence-electron chi connectivity index (χ2n) is 3.55. The monoisotopic (exact) mass is 218 g/mol. The van der Waals surface area contributed by atoms with Crippen LogP contribution in [0.2, 0.25) is 0 Å². The van der Waals surface area contributed by atoms with Crippen molar-refractivity contribution < 1.29 is 9.63 Å². The minimum absolute atomic E-state index is 0.247. The highest BCUT2D eigenvalue weighted by Gasteiger charge is 2.12. The molecule has 0 unspecified atom stereocenters.